The van der Waals surface area contributed by atoms with Crippen molar-refractivity contribution in [2.45, 2.75) is 12.5 Å². The molecule has 2 rings (SSSR count). The van der Waals surface area contributed by atoms with Crippen molar-refractivity contribution in [3.05, 3.63) is 29.8 Å². The Hall–Kier alpha value is -1.53. The number of nitrogens with zero attached hydrogens (tertiary/aromatic N) is 1. The minimum absolute atomic E-state index is 0.101. The van der Waals surface area contributed by atoms with Crippen molar-refractivity contribution in [1.29, 1.82) is 5.26 Å². The number of nitriles is 1. The number of benzene rings is 1. The highest BCUT2D eigenvalue weighted by molar-refractivity contribution is 5.42. The summed E-state index contributed by atoms with van der Waals surface area (Å²) >= 11 is 0. The Morgan fingerprint density at radius 3 is 3.00 bits per heavy atom. The minimum atomic E-state index is 0.101. The maximum absolute atomic E-state index is 8.83. The predicted octanol–water partition coefficient (Wildman–Crippen LogP) is 1.73. The van der Waals surface area contributed by atoms with Crippen molar-refractivity contribution >= 4 is 0 Å². The van der Waals surface area contributed by atoms with E-state index >= 15 is 0 Å². The average Bonchev–Trinajstić information content (AvgIpc) is 2.71. The molecule has 0 unspecified atom stereocenters. The summed E-state index contributed by atoms with van der Waals surface area (Å²) in [6.45, 7) is 1.37. The van der Waals surface area contributed by atoms with E-state index in [0.717, 1.165) is 13.0 Å². The Kier molecular flexibility index (Phi) is 2.66. The van der Waals surface area contributed by atoms with Crippen LogP contribution in [0.3, 0.4) is 0 Å². The van der Waals surface area contributed by atoms with Gasteiger partial charge in [0.1, 0.15) is 17.9 Å². The normalized spacial score (nSPS) is 20.4. The van der Waals surface area contributed by atoms with Gasteiger partial charge in [-0.15, -0.1) is 0 Å². The third-order valence-electron chi connectivity index (χ3n) is 2.19. The Labute approximate surface area is 82.9 Å². The van der Waals surface area contributed by atoms with Gasteiger partial charge in [-0.1, -0.05) is 12.1 Å². The van der Waals surface area contributed by atoms with Gasteiger partial charge in [-0.05, 0) is 12.1 Å². The SMILES string of the molecule is N#Cc1ccccc1O[C@@H]1CCOC1. The molecule has 0 aromatic heterocycles. The molecule has 1 aromatic rings. The number of para-hydroxylation sites is 1. The maximum Gasteiger partial charge on any atom is 0.137 e. The second-order valence-electron chi connectivity index (χ2n) is 3.21. The molecule has 1 fully saturated rings. The summed E-state index contributed by atoms with van der Waals surface area (Å²) in [5, 5.41) is 8.83. The van der Waals surface area contributed by atoms with Gasteiger partial charge < -0.3 is 9.47 Å². The summed E-state index contributed by atoms with van der Waals surface area (Å²) in [5.41, 5.74) is 0.583. The van der Waals surface area contributed by atoms with Gasteiger partial charge in [-0.25, -0.2) is 0 Å². The van der Waals surface area contributed by atoms with Crippen LogP contribution >= 0.6 is 0 Å². The average molecular weight is 189 g/mol. The van der Waals surface area contributed by atoms with Gasteiger partial charge in [0.25, 0.3) is 0 Å². The molecule has 0 amide bonds. The van der Waals surface area contributed by atoms with E-state index in [1.807, 2.05) is 18.2 Å². The fourth-order valence-corrected chi connectivity index (χ4v) is 1.45. The molecule has 0 N–H and O–H groups in total. The van der Waals surface area contributed by atoms with Gasteiger partial charge in [0, 0.05) is 6.42 Å². The van der Waals surface area contributed by atoms with Crippen LogP contribution in [0.2, 0.25) is 0 Å². The molecule has 0 aliphatic carbocycles. The van der Waals surface area contributed by atoms with E-state index < -0.39 is 0 Å². The molecule has 0 radical (unpaired) electrons. The van der Waals surface area contributed by atoms with Gasteiger partial charge in [0.15, 0.2) is 0 Å². The highest BCUT2D eigenvalue weighted by Crippen LogP contribution is 2.20. The molecule has 3 heteroatoms. The fourth-order valence-electron chi connectivity index (χ4n) is 1.45. The van der Waals surface area contributed by atoms with E-state index in [-0.39, 0.29) is 6.10 Å². The first-order chi connectivity index (χ1) is 6.90. The summed E-state index contributed by atoms with van der Waals surface area (Å²) < 4.78 is 10.8. The molecule has 1 heterocycles. The first-order valence-electron chi connectivity index (χ1n) is 4.63. The third-order valence-corrected chi connectivity index (χ3v) is 2.19. The van der Waals surface area contributed by atoms with Crippen LogP contribution in [0.15, 0.2) is 24.3 Å². The van der Waals surface area contributed by atoms with Gasteiger partial charge in [0.2, 0.25) is 0 Å². The van der Waals surface area contributed by atoms with Crippen LogP contribution in [-0.2, 0) is 4.74 Å². The van der Waals surface area contributed by atoms with Gasteiger partial charge in [-0.3, -0.25) is 0 Å². The zero-order chi connectivity index (χ0) is 9.80. The summed E-state index contributed by atoms with van der Waals surface area (Å²) in [6, 6.07) is 9.37. The first-order valence-corrected chi connectivity index (χ1v) is 4.63. The van der Waals surface area contributed by atoms with Crippen molar-refractivity contribution in [1.82, 2.24) is 0 Å². The highest BCUT2D eigenvalue weighted by Gasteiger charge is 2.18. The summed E-state index contributed by atoms with van der Waals surface area (Å²) in [7, 11) is 0. The lowest BCUT2D eigenvalue weighted by Gasteiger charge is -2.12. The molecule has 1 aliphatic heterocycles. The molecule has 14 heavy (non-hydrogen) atoms. The van der Waals surface area contributed by atoms with E-state index in [1.165, 1.54) is 0 Å². The van der Waals surface area contributed by atoms with Gasteiger partial charge in [-0.2, -0.15) is 5.26 Å². The summed E-state index contributed by atoms with van der Waals surface area (Å²) in [6.07, 6.45) is 1.00. The standard InChI is InChI=1S/C11H11NO2/c12-7-9-3-1-2-4-11(9)14-10-5-6-13-8-10/h1-4,10H,5-6,8H2/t10-/m1/s1. The van der Waals surface area contributed by atoms with Gasteiger partial charge in [0.05, 0.1) is 18.8 Å². The maximum atomic E-state index is 8.83. The number of hydrogen-bond acceptors (Lipinski definition) is 3. The summed E-state index contributed by atoms with van der Waals surface area (Å²) in [5.74, 6) is 0.658. The molecule has 1 aliphatic rings. The Bertz CT molecular complexity index is 351. The molecule has 3 nitrogen and oxygen atoms in total. The molecule has 0 bridgehead atoms. The van der Waals surface area contributed by atoms with Crippen molar-refractivity contribution in [3.8, 4) is 11.8 Å². The van der Waals surface area contributed by atoms with E-state index in [9.17, 15) is 0 Å². The minimum Gasteiger partial charge on any atom is -0.487 e. The third kappa shape index (κ3) is 1.86. The molecule has 1 aromatic carbocycles. The first kappa shape index (κ1) is 9.04. The molecule has 72 valence electrons. The zero-order valence-electron chi connectivity index (χ0n) is 7.77. The quantitative estimate of drug-likeness (QED) is 0.711. The monoisotopic (exact) mass is 189 g/mol. The Balaban J connectivity index is 2.11. The molecule has 1 saturated heterocycles. The lowest BCUT2D eigenvalue weighted by Crippen LogP contribution is -2.16. The largest absolute Gasteiger partial charge is 0.487 e. The van der Waals surface area contributed by atoms with Crippen LogP contribution in [-0.4, -0.2) is 19.3 Å². The fraction of sp³-hybridized carbons (Fsp3) is 0.364. The van der Waals surface area contributed by atoms with E-state index in [2.05, 4.69) is 6.07 Å². The Morgan fingerprint density at radius 2 is 2.29 bits per heavy atom. The second kappa shape index (κ2) is 4.12. The number of ether oxygens (including phenoxy) is 2. The molecule has 0 saturated carbocycles. The van der Waals surface area contributed by atoms with Crippen molar-refractivity contribution in [2.75, 3.05) is 13.2 Å². The van der Waals surface area contributed by atoms with Crippen LogP contribution < -0.4 is 4.74 Å². The topological polar surface area (TPSA) is 42.2 Å². The second-order valence-corrected chi connectivity index (χ2v) is 3.21. The lowest BCUT2D eigenvalue weighted by atomic mass is 10.2. The van der Waals surface area contributed by atoms with Crippen LogP contribution in [0.5, 0.6) is 5.75 Å². The van der Waals surface area contributed by atoms with Crippen LogP contribution in [0.25, 0.3) is 0 Å². The van der Waals surface area contributed by atoms with E-state index in [1.54, 1.807) is 6.07 Å². The van der Waals surface area contributed by atoms with Crippen molar-refractivity contribution in [2.24, 2.45) is 0 Å². The predicted molar refractivity (Wildman–Crippen MR) is 51.0 cm³/mol. The van der Waals surface area contributed by atoms with Crippen molar-refractivity contribution < 1.29 is 9.47 Å². The van der Waals surface area contributed by atoms with Crippen LogP contribution in [0, 0.1) is 11.3 Å². The molecular weight excluding hydrogens is 178 g/mol. The molecular formula is C11H11NO2. The molecule has 0 spiro atoms. The summed E-state index contributed by atoms with van der Waals surface area (Å²) in [4.78, 5) is 0. The smallest absolute Gasteiger partial charge is 0.137 e. The highest BCUT2D eigenvalue weighted by atomic mass is 16.5. The number of hydrogen-bond donors (Lipinski definition) is 0. The zero-order valence-corrected chi connectivity index (χ0v) is 7.77. The Morgan fingerprint density at radius 1 is 1.43 bits per heavy atom. The van der Waals surface area contributed by atoms with E-state index in [0.29, 0.717) is 17.9 Å². The van der Waals surface area contributed by atoms with Crippen LogP contribution in [0.1, 0.15) is 12.0 Å². The van der Waals surface area contributed by atoms with Crippen LogP contribution in [0.4, 0.5) is 0 Å². The lowest BCUT2D eigenvalue weighted by molar-refractivity contribution is 0.141. The van der Waals surface area contributed by atoms with Gasteiger partial charge >= 0.3 is 0 Å². The number of rotatable bonds is 2. The molecule has 1 atom stereocenters. The van der Waals surface area contributed by atoms with Crippen molar-refractivity contribution in [3.63, 3.8) is 0 Å². The van der Waals surface area contributed by atoms with E-state index in [4.69, 9.17) is 14.7 Å².